The second-order valence-corrected chi connectivity index (χ2v) is 15.9. The van der Waals surface area contributed by atoms with Crippen LogP contribution in [0.15, 0.2) is 35.6 Å². The summed E-state index contributed by atoms with van der Waals surface area (Å²) in [5.74, 6) is -3.06. The van der Waals surface area contributed by atoms with Crippen LogP contribution in [0, 0.1) is 23.0 Å². The van der Waals surface area contributed by atoms with Gasteiger partial charge in [-0.05, 0) is 63.8 Å². The van der Waals surface area contributed by atoms with Crippen LogP contribution in [0.5, 0.6) is 11.8 Å². The van der Waals surface area contributed by atoms with Crippen LogP contribution >= 0.6 is 11.3 Å². The van der Waals surface area contributed by atoms with E-state index in [-0.39, 0.29) is 77.4 Å². The number of ether oxygens (including phenoxy) is 2. The molecule has 0 unspecified atom stereocenters. The first-order valence-corrected chi connectivity index (χ1v) is 19.9. The van der Waals surface area contributed by atoms with Crippen LogP contribution in [0.2, 0.25) is 0 Å². The van der Waals surface area contributed by atoms with Gasteiger partial charge in [-0.25, -0.2) is 18.2 Å². The first-order chi connectivity index (χ1) is 28.3. The Bertz CT molecular complexity index is 2530. The molecule has 3 atom stereocenters. The number of pyridine rings is 1. The average molecular weight is 840 g/mol. The number of benzene rings is 2. The van der Waals surface area contributed by atoms with E-state index in [4.69, 9.17) is 30.8 Å². The minimum atomic E-state index is -5.27. The second-order valence-electron chi connectivity index (χ2n) is 14.9. The largest absolute Gasteiger partial charge is 0.490 e. The molecule has 59 heavy (non-hydrogen) atoms. The Hall–Kier alpha value is -5.61. The van der Waals surface area contributed by atoms with E-state index in [1.165, 1.54) is 6.20 Å². The molecule has 3 aromatic heterocycles. The Labute approximate surface area is 338 Å². The average Bonchev–Trinajstić information content (AvgIpc) is 3.80. The maximum absolute atomic E-state index is 17.7. The highest BCUT2D eigenvalue weighted by molar-refractivity contribution is 7.23. The van der Waals surface area contributed by atoms with Crippen molar-refractivity contribution in [2.45, 2.75) is 69.9 Å². The first-order valence-electron chi connectivity index (χ1n) is 19.1. The summed E-state index contributed by atoms with van der Waals surface area (Å²) in [6, 6.07) is 6.01. The van der Waals surface area contributed by atoms with Gasteiger partial charge < -0.3 is 30.7 Å². The molecule has 2 aromatic carbocycles. The summed E-state index contributed by atoms with van der Waals surface area (Å²) in [4.78, 5) is 22.4. The van der Waals surface area contributed by atoms with Crippen molar-refractivity contribution in [3.8, 4) is 29.0 Å². The Kier molecular flexibility index (Phi) is 10.6. The van der Waals surface area contributed by atoms with Crippen LogP contribution in [-0.2, 0) is 11.0 Å². The summed E-state index contributed by atoms with van der Waals surface area (Å²) in [6.45, 7) is 4.28. The number of rotatable bonds is 11. The maximum atomic E-state index is 17.7. The number of fused-ring (bicyclic) bond motifs is 2. The topological polar surface area (TPSA) is 161 Å². The number of hydrogen-bond acceptors (Lipinski definition) is 13. The Morgan fingerprint density at radius 1 is 1.19 bits per heavy atom. The fourth-order valence-corrected chi connectivity index (χ4v) is 9.72. The van der Waals surface area contributed by atoms with E-state index >= 15 is 22.0 Å². The van der Waals surface area contributed by atoms with E-state index in [2.05, 4.69) is 15.1 Å². The van der Waals surface area contributed by atoms with Crippen molar-refractivity contribution in [3.05, 3.63) is 58.8 Å². The molecule has 8 rings (SSSR count). The number of nitrogen functional groups attached to an aromatic ring is 2. The third-order valence-electron chi connectivity index (χ3n) is 11.3. The van der Waals surface area contributed by atoms with E-state index < -0.39 is 68.9 Å². The minimum Gasteiger partial charge on any atom is -0.490 e. The van der Waals surface area contributed by atoms with Gasteiger partial charge in [0.05, 0.1) is 39.5 Å². The van der Waals surface area contributed by atoms with Crippen molar-refractivity contribution >= 4 is 54.7 Å². The fraction of sp³-hybridized carbons (Fsp3) is 0.425. The van der Waals surface area contributed by atoms with E-state index in [0.29, 0.717) is 48.6 Å². The lowest BCUT2D eigenvalue weighted by atomic mass is 9.91. The van der Waals surface area contributed by atoms with Crippen molar-refractivity contribution in [2.24, 2.45) is 5.16 Å². The van der Waals surface area contributed by atoms with E-state index in [9.17, 15) is 9.65 Å². The molecule has 2 fully saturated rings. The number of oxime groups is 1. The van der Waals surface area contributed by atoms with Crippen molar-refractivity contribution in [1.29, 1.82) is 5.26 Å². The van der Waals surface area contributed by atoms with Crippen LogP contribution in [0.4, 0.5) is 43.0 Å². The molecule has 4 N–H and O–H groups in total. The molecule has 0 saturated carbocycles. The molecule has 2 saturated heterocycles. The van der Waals surface area contributed by atoms with Gasteiger partial charge in [-0.3, -0.25) is 4.90 Å². The predicted molar refractivity (Wildman–Crippen MR) is 211 cm³/mol. The number of nitriles is 1. The highest BCUT2D eigenvalue weighted by Crippen LogP contribution is 2.54. The van der Waals surface area contributed by atoms with Crippen LogP contribution in [0.25, 0.3) is 32.1 Å². The number of aromatic nitrogens is 3. The molecule has 0 bridgehead atoms. The number of hydrogen-bond donors (Lipinski definition) is 2. The molecular formula is C40H39F6N9O3S. The molecular weight excluding hydrogens is 801 g/mol. The van der Waals surface area contributed by atoms with Crippen LogP contribution < -0.4 is 25.8 Å². The van der Waals surface area contributed by atoms with Gasteiger partial charge in [0.2, 0.25) is 0 Å². The van der Waals surface area contributed by atoms with Crippen molar-refractivity contribution in [1.82, 2.24) is 19.9 Å². The van der Waals surface area contributed by atoms with Gasteiger partial charge in [0.25, 0.3) is 0 Å². The van der Waals surface area contributed by atoms with Crippen LogP contribution in [0.1, 0.15) is 68.7 Å². The molecule has 0 spiro atoms. The third-order valence-corrected chi connectivity index (χ3v) is 12.3. The standard InChI is InChI=1S/C40H39F6N9O3S/c1-3-58-53-20(2)7-10-26(22-6-4-12-50-35(22)48)55-14-15-56-33-29-32(51-38(52-37(29)55)57-19-39-11-5-13-54(39)18-21(41)16-39)31(43)28(30(33)40(44,45)46)23-8-9-25(42)34-27(23)24(17-47)36(49)59-34/h4,6,8-9,12,21,26H,3,5,7,10-11,13-16,18-19,49H2,1-2H3,(H2,48,50)/b53-20+/t21-,26-,39+/m1/s1. The van der Waals surface area contributed by atoms with E-state index in [0.717, 1.165) is 18.6 Å². The summed E-state index contributed by atoms with van der Waals surface area (Å²) in [5, 5.41) is 13.3. The van der Waals surface area contributed by atoms with Gasteiger partial charge in [0.1, 0.15) is 71.3 Å². The molecule has 5 aromatic rings. The smallest absolute Gasteiger partial charge is 0.420 e. The van der Waals surface area contributed by atoms with Gasteiger partial charge in [-0.2, -0.15) is 28.4 Å². The number of anilines is 3. The Balaban J connectivity index is 1.40. The first kappa shape index (κ1) is 40.2. The molecule has 0 radical (unpaired) electrons. The van der Waals surface area contributed by atoms with Crippen LogP contribution in [0.3, 0.4) is 0 Å². The van der Waals surface area contributed by atoms with E-state index in [1.807, 2.05) is 11.0 Å². The molecule has 3 aliphatic rings. The number of thiophene rings is 1. The van der Waals surface area contributed by atoms with Gasteiger partial charge in [-0.15, -0.1) is 11.3 Å². The lowest BCUT2D eigenvalue weighted by Crippen LogP contribution is -2.43. The van der Waals surface area contributed by atoms with Crippen LogP contribution in [-0.4, -0.2) is 76.7 Å². The third kappa shape index (κ3) is 7.05. The number of nitrogens with two attached hydrogens (primary N) is 2. The number of halogens is 6. The molecule has 310 valence electrons. The van der Waals surface area contributed by atoms with E-state index in [1.54, 1.807) is 30.9 Å². The zero-order valence-electron chi connectivity index (χ0n) is 32.0. The lowest BCUT2D eigenvalue weighted by molar-refractivity contribution is -0.138. The Morgan fingerprint density at radius 3 is 2.75 bits per heavy atom. The summed E-state index contributed by atoms with van der Waals surface area (Å²) >= 11 is 0.661. The predicted octanol–water partition coefficient (Wildman–Crippen LogP) is 8.33. The molecule has 6 heterocycles. The second kappa shape index (κ2) is 15.5. The number of alkyl halides is 4. The zero-order valence-corrected chi connectivity index (χ0v) is 32.8. The van der Waals surface area contributed by atoms with Gasteiger partial charge in [-0.1, -0.05) is 17.3 Å². The minimum absolute atomic E-state index is 0.0683. The van der Waals surface area contributed by atoms with Crippen molar-refractivity contribution < 1.29 is 40.7 Å². The molecule has 3 aliphatic heterocycles. The molecule has 0 aliphatic carbocycles. The molecule has 19 heteroatoms. The van der Waals surface area contributed by atoms with Crippen molar-refractivity contribution in [3.63, 3.8) is 0 Å². The highest BCUT2D eigenvalue weighted by atomic mass is 32.1. The van der Waals surface area contributed by atoms with Gasteiger partial charge in [0, 0.05) is 35.7 Å². The summed E-state index contributed by atoms with van der Waals surface area (Å²) in [6.07, 6.45) is -2.61. The zero-order chi connectivity index (χ0) is 41.8. The van der Waals surface area contributed by atoms with Crippen molar-refractivity contribution in [2.75, 3.05) is 55.8 Å². The van der Waals surface area contributed by atoms with Gasteiger partial charge >= 0.3 is 12.2 Å². The summed E-state index contributed by atoms with van der Waals surface area (Å²) < 4.78 is 107. The highest BCUT2D eigenvalue weighted by Gasteiger charge is 2.50. The fourth-order valence-electron chi connectivity index (χ4n) is 8.77. The summed E-state index contributed by atoms with van der Waals surface area (Å²) in [5.41, 5.74) is 9.08. The number of nitrogens with zero attached hydrogens (tertiary/aromatic N) is 7. The lowest BCUT2D eigenvalue weighted by Gasteiger charge is -2.33. The van der Waals surface area contributed by atoms with Gasteiger partial charge in [0.15, 0.2) is 5.82 Å². The SMILES string of the molecule is CCO/N=C(\C)CC[C@H](c1cccnc1N)N1CCOc2c(C(F)(F)F)c(-c3ccc(F)c4sc(N)c(C#N)c34)c(F)c3nc(OC[C@@]45CCCN4C[C@H](F)C5)nc1c23. The molecule has 12 nitrogen and oxygen atoms in total. The quantitative estimate of drug-likeness (QED) is 0.0748. The normalized spacial score (nSPS) is 20.1. The summed E-state index contributed by atoms with van der Waals surface area (Å²) in [7, 11) is 0. The molecule has 0 amide bonds. The Morgan fingerprint density at radius 2 is 2.00 bits per heavy atom. The maximum Gasteiger partial charge on any atom is 0.420 e. The monoisotopic (exact) mass is 839 g/mol.